The Morgan fingerprint density at radius 2 is 1.92 bits per heavy atom. The van der Waals surface area contributed by atoms with Crippen LogP contribution in [0, 0.1) is 0 Å². The average Bonchev–Trinajstić information content (AvgIpc) is 3.68. The number of methoxy groups -OCH3 is 1. The lowest BCUT2D eigenvalue weighted by Crippen LogP contribution is -2.52. The van der Waals surface area contributed by atoms with Crippen molar-refractivity contribution in [2.24, 2.45) is 0 Å². The minimum Gasteiger partial charge on any atom is -0.497 e. The molecule has 11 heteroatoms. The van der Waals surface area contributed by atoms with Crippen LogP contribution in [-0.4, -0.2) is 49.0 Å². The van der Waals surface area contributed by atoms with Gasteiger partial charge in [0, 0.05) is 29.6 Å². The Balaban J connectivity index is 1.29. The number of carbonyl (C=O) groups excluding carboxylic acids is 4. The Morgan fingerprint density at radius 3 is 2.65 bits per heavy atom. The molecule has 2 aromatic carbocycles. The van der Waals surface area contributed by atoms with Gasteiger partial charge < -0.3 is 30.0 Å². The number of amides is 6. The van der Waals surface area contributed by atoms with Crippen LogP contribution in [-0.2, 0) is 28.8 Å². The first-order valence-corrected chi connectivity index (χ1v) is 12.0. The molecule has 0 saturated carbocycles. The number of urea groups is 2. The summed E-state index contributed by atoms with van der Waals surface area (Å²) < 4.78 is 11.6. The monoisotopic (exact) mass is 501 g/mol. The van der Waals surface area contributed by atoms with Gasteiger partial charge in [0.05, 0.1) is 19.2 Å². The van der Waals surface area contributed by atoms with Crippen molar-refractivity contribution in [2.45, 2.75) is 30.5 Å². The summed E-state index contributed by atoms with van der Waals surface area (Å²) in [5, 5.41) is 11.7. The van der Waals surface area contributed by atoms with E-state index >= 15 is 0 Å². The molecule has 2 fully saturated rings. The fourth-order valence-electron chi connectivity index (χ4n) is 6.13. The SMILES string of the molecule is COc1ccc2c(c1)C(=O)N(C[C@@]1(c3cc4ccc5c(c4o3)CCC53CNC(=O)N3)NC(=O)NC1=O)C2. The molecular weight excluding hydrogens is 478 g/mol. The van der Waals surface area contributed by atoms with Gasteiger partial charge in [-0.1, -0.05) is 18.2 Å². The normalized spacial score (nSPS) is 25.8. The molecule has 3 aromatic rings. The number of furan rings is 1. The summed E-state index contributed by atoms with van der Waals surface area (Å²) in [5.74, 6) is -0.0350. The third kappa shape index (κ3) is 2.93. The van der Waals surface area contributed by atoms with Crippen molar-refractivity contribution in [3.05, 3.63) is 64.4 Å². The number of hydrogen-bond donors (Lipinski definition) is 4. The quantitative estimate of drug-likeness (QED) is 0.400. The van der Waals surface area contributed by atoms with E-state index in [4.69, 9.17) is 9.15 Å². The van der Waals surface area contributed by atoms with Crippen molar-refractivity contribution in [3.8, 4) is 5.75 Å². The molecule has 0 radical (unpaired) electrons. The number of imide groups is 1. The third-order valence-corrected chi connectivity index (χ3v) is 8.00. The van der Waals surface area contributed by atoms with Gasteiger partial charge >= 0.3 is 12.1 Å². The molecule has 1 aromatic heterocycles. The van der Waals surface area contributed by atoms with Crippen LogP contribution in [0.15, 0.2) is 40.8 Å². The number of aryl methyl sites for hydroxylation is 1. The molecule has 37 heavy (non-hydrogen) atoms. The number of nitrogens with zero attached hydrogens (tertiary/aromatic N) is 1. The van der Waals surface area contributed by atoms with Gasteiger partial charge in [0.1, 0.15) is 17.1 Å². The molecule has 1 spiro atoms. The second-order valence-electron chi connectivity index (χ2n) is 10.0. The molecule has 1 unspecified atom stereocenters. The van der Waals surface area contributed by atoms with Crippen LogP contribution in [0.5, 0.6) is 5.75 Å². The van der Waals surface area contributed by atoms with Crippen molar-refractivity contribution >= 4 is 34.8 Å². The number of benzene rings is 2. The summed E-state index contributed by atoms with van der Waals surface area (Å²) in [6, 6.07) is 10.0. The van der Waals surface area contributed by atoms with Crippen molar-refractivity contribution < 1.29 is 28.3 Å². The highest BCUT2D eigenvalue weighted by Gasteiger charge is 2.53. The number of hydrogen-bond acceptors (Lipinski definition) is 6. The zero-order valence-electron chi connectivity index (χ0n) is 19.9. The number of ether oxygens (including phenoxy) is 1. The minimum absolute atomic E-state index is 0.105. The first-order valence-electron chi connectivity index (χ1n) is 12.0. The summed E-state index contributed by atoms with van der Waals surface area (Å²) in [6.07, 6.45) is 1.41. The number of fused-ring (bicyclic) bond motifs is 5. The van der Waals surface area contributed by atoms with Crippen LogP contribution in [0.2, 0.25) is 0 Å². The standard InChI is InChI=1S/C26H23N5O6/c1-36-15-4-2-14-10-31(21(32)17(14)9-15)12-26(22(33)28-24(35)30-26)19-8-13-3-5-18-16(20(13)37-19)6-7-25(18)11-27-23(34)29-25/h2-5,8-9H,6-7,10-12H2,1H3,(H2,27,29,34)(H2,28,30,33,35)/t25?,26-/m0/s1. The lowest BCUT2D eigenvalue weighted by molar-refractivity contribution is -0.125. The van der Waals surface area contributed by atoms with E-state index in [1.165, 1.54) is 12.0 Å². The molecule has 1 aliphatic carbocycles. The molecule has 4 aliphatic rings. The molecule has 0 bridgehead atoms. The van der Waals surface area contributed by atoms with Crippen molar-refractivity contribution in [1.82, 2.24) is 26.2 Å². The van der Waals surface area contributed by atoms with Crippen molar-refractivity contribution in [3.63, 3.8) is 0 Å². The molecule has 11 nitrogen and oxygen atoms in total. The van der Waals surface area contributed by atoms with E-state index in [2.05, 4.69) is 21.3 Å². The van der Waals surface area contributed by atoms with E-state index in [0.717, 1.165) is 28.5 Å². The molecule has 4 N–H and O–H groups in total. The van der Waals surface area contributed by atoms with E-state index in [9.17, 15) is 19.2 Å². The predicted molar refractivity (Wildman–Crippen MR) is 129 cm³/mol. The van der Waals surface area contributed by atoms with E-state index in [1.807, 2.05) is 18.2 Å². The Bertz CT molecular complexity index is 1560. The predicted octanol–water partition coefficient (Wildman–Crippen LogP) is 1.59. The zero-order valence-corrected chi connectivity index (χ0v) is 19.9. The summed E-state index contributed by atoms with van der Waals surface area (Å²) >= 11 is 0. The van der Waals surface area contributed by atoms with Crippen LogP contribution in [0.3, 0.4) is 0 Å². The smallest absolute Gasteiger partial charge is 0.322 e. The summed E-state index contributed by atoms with van der Waals surface area (Å²) in [6.45, 7) is 0.670. The Labute approximate surface area is 210 Å². The van der Waals surface area contributed by atoms with Crippen molar-refractivity contribution in [2.75, 3.05) is 20.2 Å². The largest absolute Gasteiger partial charge is 0.497 e. The number of nitrogens with one attached hydrogen (secondary N) is 4. The molecule has 188 valence electrons. The summed E-state index contributed by atoms with van der Waals surface area (Å²) in [7, 11) is 1.53. The van der Waals surface area contributed by atoms with Gasteiger partial charge in [-0.05, 0) is 42.2 Å². The highest BCUT2D eigenvalue weighted by Crippen LogP contribution is 2.44. The fourth-order valence-corrected chi connectivity index (χ4v) is 6.13. The summed E-state index contributed by atoms with van der Waals surface area (Å²) in [4.78, 5) is 52.3. The maximum absolute atomic E-state index is 13.3. The van der Waals surface area contributed by atoms with Crippen LogP contribution in [0.1, 0.15) is 39.2 Å². The topological polar surface area (TPSA) is 142 Å². The average molecular weight is 501 g/mol. The molecule has 2 atom stereocenters. The van der Waals surface area contributed by atoms with E-state index in [-0.39, 0.29) is 30.8 Å². The fraction of sp³-hybridized carbons (Fsp3) is 0.308. The van der Waals surface area contributed by atoms with Crippen LogP contribution < -0.4 is 26.0 Å². The van der Waals surface area contributed by atoms with E-state index < -0.39 is 23.0 Å². The van der Waals surface area contributed by atoms with Crippen LogP contribution >= 0.6 is 0 Å². The number of carbonyl (C=O) groups is 4. The second-order valence-corrected chi connectivity index (χ2v) is 10.0. The van der Waals surface area contributed by atoms with Gasteiger partial charge in [-0.2, -0.15) is 0 Å². The Hall–Kier alpha value is -4.54. The first-order chi connectivity index (χ1) is 17.8. The van der Waals surface area contributed by atoms with Crippen LogP contribution in [0.4, 0.5) is 9.59 Å². The molecular formula is C26H23N5O6. The molecule has 2 saturated heterocycles. The molecule has 6 amide bonds. The minimum atomic E-state index is -1.59. The molecule has 3 aliphatic heterocycles. The highest BCUT2D eigenvalue weighted by atomic mass is 16.5. The Morgan fingerprint density at radius 1 is 1.05 bits per heavy atom. The first kappa shape index (κ1) is 21.7. The highest BCUT2D eigenvalue weighted by molar-refractivity contribution is 6.08. The lowest BCUT2D eigenvalue weighted by atomic mass is 9.92. The molecule has 4 heterocycles. The molecule has 7 rings (SSSR count). The van der Waals surface area contributed by atoms with Gasteiger partial charge in [0.2, 0.25) is 0 Å². The number of rotatable bonds is 4. The third-order valence-electron chi connectivity index (χ3n) is 8.00. The van der Waals surface area contributed by atoms with Gasteiger partial charge in [-0.25, -0.2) is 9.59 Å². The summed E-state index contributed by atoms with van der Waals surface area (Å²) in [5.41, 5.74) is 1.78. The van der Waals surface area contributed by atoms with Gasteiger partial charge in [0.15, 0.2) is 5.54 Å². The van der Waals surface area contributed by atoms with Gasteiger partial charge in [-0.15, -0.1) is 0 Å². The maximum Gasteiger partial charge on any atom is 0.322 e. The zero-order chi connectivity index (χ0) is 25.5. The van der Waals surface area contributed by atoms with E-state index in [0.29, 0.717) is 29.9 Å². The van der Waals surface area contributed by atoms with Crippen LogP contribution in [0.25, 0.3) is 11.0 Å². The Kier molecular flexibility index (Phi) is 4.25. The second kappa shape index (κ2) is 7.25. The maximum atomic E-state index is 13.3. The van der Waals surface area contributed by atoms with Crippen molar-refractivity contribution in [1.29, 1.82) is 0 Å². The van der Waals surface area contributed by atoms with Gasteiger partial charge in [0.25, 0.3) is 11.8 Å². The van der Waals surface area contributed by atoms with Gasteiger partial charge in [-0.3, -0.25) is 14.9 Å². The lowest BCUT2D eigenvalue weighted by Gasteiger charge is -2.29. The van der Waals surface area contributed by atoms with E-state index in [1.54, 1.807) is 18.2 Å².